The average molecular weight is 448 g/mol. The fourth-order valence-corrected chi connectivity index (χ4v) is 5.15. The molecule has 1 N–H and O–H groups in total. The lowest BCUT2D eigenvalue weighted by molar-refractivity contribution is 0.226. The molecule has 3 aromatic rings. The van der Waals surface area contributed by atoms with Gasteiger partial charge in [-0.05, 0) is 68.6 Å². The third kappa shape index (κ3) is 4.54. The van der Waals surface area contributed by atoms with E-state index < -0.39 is 0 Å². The van der Waals surface area contributed by atoms with Gasteiger partial charge in [-0.25, -0.2) is 4.98 Å². The number of aromatic nitrogens is 2. The molecule has 0 unspecified atom stereocenters. The minimum atomic E-state index is 0.550. The molecule has 1 fully saturated rings. The second-order valence-electron chi connectivity index (χ2n) is 10.2. The molecule has 0 spiro atoms. The number of likely N-dealkylation sites (N-methyl/N-ethyl adjacent to an activating group) is 1. The fraction of sp³-hybridized carbons (Fsp3) is 0.519. The van der Waals surface area contributed by atoms with Gasteiger partial charge in [-0.15, -0.1) is 0 Å². The van der Waals surface area contributed by atoms with E-state index in [9.17, 15) is 0 Å². The summed E-state index contributed by atoms with van der Waals surface area (Å²) >= 11 is 0. The summed E-state index contributed by atoms with van der Waals surface area (Å²) in [7, 11) is 4.37. The van der Waals surface area contributed by atoms with E-state index in [0.717, 1.165) is 49.2 Å². The van der Waals surface area contributed by atoms with Crippen LogP contribution in [0.2, 0.25) is 0 Å². The Labute approximate surface area is 197 Å². The van der Waals surface area contributed by atoms with Crippen molar-refractivity contribution in [2.45, 2.75) is 33.2 Å². The zero-order chi connectivity index (χ0) is 22.9. The zero-order valence-electron chi connectivity index (χ0n) is 20.5. The van der Waals surface area contributed by atoms with Crippen molar-refractivity contribution in [3.63, 3.8) is 0 Å². The van der Waals surface area contributed by atoms with Gasteiger partial charge in [0.15, 0.2) is 0 Å². The number of hydrogen-bond donors (Lipinski definition) is 1. The Kier molecular flexibility index (Phi) is 6.19. The summed E-state index contributed by atoms with van der Waals surface area (Å²) in [6.07, 6.45) is 6.77. The van der Waals surface area contributed by atoms with Gasteiger partial charge in [-0.3, -0.25) is 0 Å². The van der Waals surface area contributed by atoms with E-state index >= 15 is 0 Å². The van der Waals surface area contributed by atoms with Crippen LogP contribution in [0.15, 0.2) is 36.7 Å². The highest BCUT2D eigenvalue weighted by atomic mass is 16.5. The zero-order valence-corrected chi connectivity index (χ0v) is 20.5. The Balaban J connectivity index is 1.54. The monoisotopic (exact) mass is 447 g/mol. The first-order valence-corrected chi connectivity index (χ1v) is 12.4. The normalized spacial score (nSPS) is 17.4. The van der Waals surface area contributed by atoms with E-state index in [2.05, 4.69) is 78.1 Å². The molecule has 176 valence electrons. The van der Waals surface area contributed by atoms with Gasteiger partial charge in [0.05, 0.1) is 12.2 Å². The number of likely N-dealkylation sites (tertiary alicyclic amines) is 1. The van der Waals surface area contributed by atoms with Crippen molar-refractivity contribution in [2.75, 3.05) is 57.1 Å². The van der Waals surface area contributed by atoms with E-state index in [4.69, 9.17) is 9.72 Å². The van der Waals surface area contributed by atoms with Crippen LogP contribution in [0.5, 0.6) is 5.75 Å². The molecular weight excluding hydrogens is 410 g/mol. The summed E-state index contributed by atoms with van der Waals surface area (Å²) in [6, 6.07) is 8.74. The molecule has 1 aromatic carbocycles. The molecule has 33 heavy (non-hydrogen) atoms. The molecule has 0 bridgehead atoms. The SMILES string of the molecule is CC(C)Cn1cc(-c2ccc3c(c2)N(C)CCO3)c2c(NCC3CCN(C)CC3)ccnc21. The van der Waals surface area contributed by atoms with Crippen molar-refractivity contribution in [1.29, 1.82) is 0 Å². The van der Waals surface area contributed by atoms with Gasteiger partial charge in [0, 0.05) is 49.2 Å². The predicted octanol–water partition coefficient (Wildman–Crippen LogP) is 4.94. The number of pyridine rings is 1. The Bertz CT molecular complexity index is 1110. The lowest BCUT2D eigenvalue weighted by Gasteiger charge is -2.29. The molecule has 0 aliphatic carbocycles. The molecule has 6 nitrogen and oxygen atoms in total. The Morgan fingerprint density at radius 1 is 1.12 bits per heavy atom. The molecule has 6 heteroatoms. The third-order valence-electron chi connectivity index (χ3n) is 7.10. The number of ether oxygens (including phenoxy) is 1. The summed E-state index contributed by atoms with van der Waals surface area (Å²) in [5.41, 5.74) is 5.88. The molecule has 4 heterocycles. The molecule has 0 radical (unpaired) electrons. The van der Waals surface area contributed by atoms with Gasteiger partial charge in [-0.1, -0.05) is 19.9 Å². The van der Waals surface area contributed by atoms with E-state index in [-0.39, 0.29) is 0 Å². The first-order valence-electron chi connectivity index (χ1n) is 12.4. The maximum atomic E-state index is 5.89. The Morgan fingerprint density at radius 2 is 1.94 bits per heavy atom. The lowest BCUT2D eigenvalue weighted by atomic mass is 9.97. The molecule has 1 saturated heterocycles. The van der Waals surface area contributed by atoms with Gasteiger partial charge in [0.1, 0.15) is 18.0 Å². The van der Waals surface area contributed by atoms with Crippen LogP contribution in [0.1, 0.15) is 26.7 Å². The van der Waals surface area contributed by atoms with Crippen LogP contribution >= 0.6 is 0 Å². The third-order valence-corrected chi connectivity index (χ3v) is 7.10. The molecule has 0 atom stereocenters. The van der Waals surface area contributed by atoms with E-state index in [1.807, 2.05) is 6.20 Å². The number of fused-ring (bicyclic) bond motifs is 2. The van der Waals surface area contributed by atoms with Crippen LogP contribution in [0.4, 0.5) is 11.4 Å². The highest BCUT2D eigenvalue weighted by Gasteiger charge is 2.21. The first kappa shape index (κ1) is 22.1. The van der Waals surface area contributed by atoms with Gasteiger partial charge in [0.25, 0.3) is 0 Å². The molecule has 0 saturated carbocycles. The van der Waals surface area contributed by atoms with E-state index in [1.54, 1.807) is 0 Å². The standard InChI is InChI=1S/C27H37N5O/c1-19(2)17-32-18-22(21-5-6-25-24(15-21)31(4)13-14-33-25)26-23(7-10-28-27(26)32)29-16-20-8-11-30(3)12-9-20/h5-7,10,15,18-20H,8-9,11-14,16-17H2,1-4H3,(H,28,29). The van der Waals surface area contributed by atoms with Crippen LogP contribution in [-0.4, -0.2) is 61.3 Å². The van der Waals surface area contributed by atoms with Gasteiger partial charge < -0.3 is 24.4 Å². The van der Waals surface area contributed by atoms with Crippen LogP contribution < -0.4 is 15.0 Å². The molecule has 2 aliphatic heterocycles. The molecule has 2 aliphatic rings. The smallest absolute Gasteiger partial charge is 0.142 e. The Hall–Kier alpha value is -2.73. The Morgan fingerprint density at radius 3 is 2.73 bits per heavy atom. The highest BCUT2D eigenvalue weighted by Crippen LogP contribution is 2.40. The quantitative estimate of drug-likeness (QED) is 0.580. The van der Waals surface area contributed by atoms with E-state index in [0.29, 0.717) is 5.92 Å². The summed E-state index contributed by atoms with van der Waals surface area (Å²) in [5, 5.41) is 5.04. The minimum absolute atomic E-state index is 0.550. The maximum Gasteiger partial charge on any atom is 0.142 e. The topological polar surface area (TPSA) is 45.6 Å². The summed E-state index contributed by atoms with van der Waals surface area (Å²) in [5.74, 6) is 2.24. The number of benzene rings is 1. The van der Waals surface area contributed by atoms with Crippen molar-refractivity contribution < 1.29 is 4.74 Å². The first-order chi connectivity index (χ1) is 16.0. The molecule has 5 rings (SSSR count). The lowest BCUT2D eigenvalue weighted by Crippen LogP contribution is -2.32. The predicted molar refractivity (Wildman–Crippen MR) is 137 cm³/mol. The number of piperidine rings is 1. The maximum absolute atomic E-state index is 5.89. The van der Waals surface area contributed by atoms with Crippen LogP contribution in [0.3, 0.4) is 0 Å². The number of rotatable bonds is 6. The minimum Gasteiger partial charge on any atom is -0.490 e. The van der Waals surface area contributed by atoms with Crippen molar-refractivity contribution in [1.82, 2.24) is 14.5 Å². The number of anilines is 2. The van der Waals surface area contributed by atoms with Crippen molar-refractivity contribution in [3.05, 3.63) is 36.7 Å². The van der Waals surface area contributed by atoms with Crippen LogP contribution in [-0.2, 0) is 6.54 Å². The van der Waals surface area contributed by atoms with Gasteiger partial charge in [0.2, 0.25) is 0 Å². The van der Waals surface area contributed by atoms with Crippen LogP contribution in [0.25, 0.3) is 22.2 Å². The van der Waals surface area contributed by atoms with Gasteiger partial charge in [-0.2, -0.15) is 0 Å². The molecule has 0 amide bonds. The van der Waals surface area contributed by atoms with Crippen LogP contribution in [0, 0.1) is 11.8 Å². The second kappa shape index (κ2) is 9.26. The molecule has 2 aromatic heterocycles. The van der Waals surface area contributed by atoms with Crippen molar-refractivity contribution in [2.24, 2.45) is 11.8 Å². The number of nitrogens with one attached hydrogen (secondary N) is 1. The number of nitrogens with zero attached hydrogens (tertiary/aromatic N) is 4. The van der Waals surface area contributed by atoms with Crippen molar-refractivity contribution in [3.8, 4) is 16.9 Å². The second-order valence-corrected chi connectivity index (χ2v) is 10.2. The summed E-state index contributed by atoms with van der Waals surface area (Å²) in [4.78, 5) is 9.55. The largest absolute Gasteiger partial charge is 0.490 e. The fourth-order valence-electron chi connectivity index (χ4n) is 5.15. The highest BCUT2D eigenvalue weighted by molar-refractivity contribution is 6.03. The summed E-state index contributed by atoms with van der Waals surface area (Å²) < 4.78 is 8.22. The number of hydrogen-bond acceptors (Lipinski definition) is 5. The van der Waals surface area contributed by atoms with Gasteiger partial charge >= 0.3 is 0 Å². The van der Waals surface area contributed by atoms with Crippen molar-refractivity contribution >= 4 is 22.4 Å². The molecular formula is C27H37N5O. The van der Waals surface area contributed by atoms with E-state index in [1.165, 1.54) is 48.1 Å². The average Bonchev–Trinajstić information content (AvgIpc) is 3.17. The summed E-state index contributed by atoms with van der Waals surface area (Å²) in [6.45, 7) is 10.5.